The van der Waals surface area contributed by atoms with Crippen LogP contribution in [-0.4, -0.2) is 17.5 Å². The SMILES string of the molecule is C[C@@H](C=O)[C@H]1CCC2[C@@H](O)CCC[C@@]21C. The largest absolute Gasteiger partial charge is 0.393 e. The minimum Gasteiger partial charge on any atom is -0.393 e. The van der Waals surface area contributed by atoms with Gasteiger partial charge in [-0.15, -0.1) is 0 Å². The second kappa shape index (κ2) is 3.89. The van der Waals surface area contributed by atoms with Crippen molar-refractivity contribution < 1.29 is 9.90 Å². The molecule has 5 atom stereocenters. The molecule has 2 heteroatoms. The number of hydrogen-bond donors (Lipinski definition) is 1. The van der Waals surface area contributed by atoms with Crippen LogP contribution in [-0.2, 0) is 4.79 Å². The maximum absolute atomic E-state index is 10.9. The Bertz CT molecular complexity index is 251. The lowest BCUT2D eigenvalue weighted by molar-refractivity contribution is -0.114. The van der Waals surface area contributed by atoms with Crippen LogP contribution >= 0.6 is 0 Å². The summed E-state index contributed by atoms with van der Waals surface area (Å²) in [4.78, 5) is 10.9. The van der Waals surface area contributed by atoms with E-state index in [9.17, 15) is 9.90 Å². The van der Waals surface area contributed by atoms with Gasteiger partial charge in [-0.05, 0) is 42.9 Å². The van der Waals surface area contributed by atoms with Gasteiger partial charge in [0.15, 0.2) is 0 Å². The Labute approximate surface area is 92.1 Å². The molecule has 2 rings (SSSR count). The molecule has 2 aliphatic rings. The summed E-state index contributed by atoms with van der Waals surface area (Å²) >= 11 is 0. The zero-order valence-corrected chi connectivity index (χ0v) is 9.78. The highest BCUT2D eigenvalue weighted by atomic mass is 16.3. The van der Waals surface area contributed by atoms with Gasteiger partial charge in [-0.25, -0.2) is 0 Å². The highest BCUT2D eigenvalue weighted by Crippen LogP contribution is 2.57. The topological polar surface area (TPSA) is 37.3 Å². The van der Waals surface area contributed by atoms with Crippen molar-refractivity contribution in [3.8, 4) is 0 Å². The van der Waals surface area contributed by atoms with Crippen molar-refractivity contribution >= 4 is 6.29 Å². The highest BCUT2D eigenvalue weighted by Gasteiger charge is 2.52. The molecule has 0 amide bonds. The Morgan fingerprint density at radius 3 is 2.80 bits per heavy atom. The summed E-state index contributed by atoms with van der Waals surface area (Å²) in [6.45, 7) is 4.32. The Morgan fingerprint density at radius 1 is 1.40 bits per heavy atom. The number of hydrogen-bond acceptors (Lipinski definition) is 2. The summed E-state index contributed by atoms with van der Waals surface area (Å²) < 4.78 is 0. The smallest absolute Gasteiger partial charge is 0.123 e. The highest BCUT2D eigenvalue weighted by molar-refractivity contribution is 5.53. The van der Waals surface area contributed by atoms with Gasteiger partial charge in [0.2, 0.25) is 0 Å². The normalized spacial score (nSPS) is 47.3. The van der Waals surface area contributed by atoms with Gasteiger partial charge in [-0.1, -0.05) is 20.3 Å². The van der Waals surface area contributed by atoms with E-state index in [1.807, 2.05) is 6.92 Å². The van der Waals surface area contributed by atoms with Gasteiger partial charge in [0.1, 0.15) is 6.29 Å². The van der Waals surface area contributed by atoms with Crippen molar-refractivity contribution in [3.05, 3.63) is 0 Å². The Hall–Kier alpha value is -0.370. The van der Waals surface area contributed by atoms with E-state index in [4.69, 9.17) is 0 Å². The maximum atomic E-state index is 10.9. The zero-order valence-electron chi connectivity index (χ0n) is 9.78. The standard InChI is InChI=1S/C13H22O2/c1-9(8-14)10-5-6-11-12(15)4-3-7-13(10,11)2/h8-12,15H,3-7H2,1-2H3/t9-,10+,11?,12-,13+/m0/s1. The van der Waals surface area contributed by atoms with Crippen LogP contribution in [0.15, 0.2) is 0 Å². The number of rotatable bonds is 2. The van der Waals surface area contributed by atoms with Crippen molar-refractivity contribution in [2.75, 3.05) is 0 Å². The summed E-state index contributed by atoms with van der Waals surface area (Å²) in [7, 11) is 0. The molecule has 2 saturated carbocycles. The predicted molar refractivity (Wildman–Crippen MR) is 59.4 cm³/mol. The molecule has 2 nitrogen and oxygen atoms in total. The molecule has 86 valence electrons. The molecule has 1 unspecified atom stereocenters. The van der Waals surface area contributed by atoms with E-state index in [-0.39, 0.29) is 17.4 Å². The fourth-order valence-electron chi connectivity index (χ4n) is 4.15. The van der Waals surface area contributed by atoms with Crippen LogP contribution < -0.4 is 0 Å². The van der Waals surface area contributed by atoms with Crippen LogP contribution in [0.2, 0.25) is 0 Å². The van der Waals surface area contributed by atoms with Crippen LogP contribution in [0.25, 0.3) is 0 Å². The summed E-state index contributed by atoms with van der Waals surface area (Å²) in [6, 6.07) is 0. The third-order valence-electron chi connectivity index (χ3n) is 5.01. The zero-order chi connectivity index (χ0) is 11.1. The van der Waals surface area contributed by atoms with Crippen molar-refractivity contribution in [3.63, 3.8) is 0 Å². The van der Waals surface area contributed by atoms with Crippen LogP contribution in [0, 0.1) is 23.2 Å². The fraction of sp³-hybridized carbons (Fsp3) is 0.923. The van der Waals surface area contributed by atoms with Crippen LogP contribution in [0.3, 0.4) is 0 Å². The quantitative estimate of drug-likeness (QED) is 0.711. The number of carbonyl (C=O) groups is 1. The van der Waals surface area contributed by atoms with Crippen LogP contribution in [0.4, 0.5) is 0 Å². The van der Waals surface area contributed by atoms with E-state index in [1.54, 1.807) is 0 Å². The molecule has 0 spiro atoms. The molecule has 0 bridgehead atoms. The first-order valence-electron chi connectivity index (χ1n) is 6.23. The first kappa shape index (κ1) is 11.1. The van der Waals surface area contributed by atoms with Crippen molar-refractivity contribution in [2.24, 2.45) is 23.2 Å². The predicted octanol–water partition coefficient (Wildman–Crippen LogP) is 2.40. The number of aldehydes is 1. The van der Waals surface area contributed by atoms with E-state index >= 15 is 0 Å². The number of aliphatic hydroxyl groups excluding tert-OH is 1. The van der Waals surface area contributed by atoms with Gasteiger partial charge < -0.3 is 9.90 Å². The van der Waals surface area contributed by atoms with Gasteiger partial charge in [0.05, 0.1) is 6.10 Å². The van der Waals surface area contributed by atoms with E-state index in [1.165, 1.54) is 6.42 Å². The first-order chi connectivity index (χ1) is 7.09. The molecule has 15 heavy (non-hydrogen) atoms. The van der Waals surface area contributed by atoms with Crippen LogP contribution in [0.1, 0.15) is 46.0 Å². The third-order valence-corrected chi connectivity index (χ3v) is 5.01. The van der Waals surface area contributed by atoms with E-state index in [0.29, 0.717) is 11.8 Å². The monoisotopic (exact) mass is 210 g/mol. The van der Waals surface area contributed by atoms with Crippen molar-refractivity contribution in [1.82, 2.24) is 0 Å². The van der Waals surface area contributed by atoms with Gasteiger partial charge in [0.25, 0.3) is 0 Å². The van der Waals surface area contributed by atoms with Gasteiger partial charge in [-0.3, -0.25) is 0 Å². The van der Waals surface area contributed by atoms with Gasteiger partial charge in [-0.2, -0.15) is 0 Å². The van der Waals surface area contributed by atoms with Crippen LogP contribution in [0.5, 0.6) is 0 Å². The second-order valence-corrected chi connectivity index (χ2v) is 5.75. The molecule has 0 aliphatic heterocycles. The molecule has 0 saturated heterocycles. The molecule has 2 fully saturated rings. The average Bonchev–Trinajstić information content (AvgIpc) is 2.56. The lowest BCUT2D eigenvalue weighted by Crippen LogP contribution is -2.41. The summed E-state index contributed by atoms with van der Waals surface area (Å²) in [5.74, 6) is 1.10. The van der Waals surface area contributed by atoms with E-state index in [2.05, 4.69) is 6.92 Å². The first-order valence-corrected chi connectivity index (χ1v) is 6.23. The lowest BCUT2D eigenvalue weighted by Gasteiger charge is -2.44. The number of aliphatic hydroxyl groups is 1. The number of carbonyl (C=O) groups excluding carboxylic acids is 1. The summed E-state index contributed by atoms with van der Waals surface area (Å²) in [6.07, 6.45) is 6.49. The Kier molecular flexibility index (Phi) is 2.89. The van der Waals surface area contributed by atoms with Crippen molar-refractivity contribution in [1.29, 1.82) is 0 Å². The maximum Gasteiger partial charge on any atom is 0.123 e. The molecule has 2 aliphatic carbocycles. The molecule has 0 aromatic carbocycles. The van der Waals surface area contributed by atoms with Gasteiger partial charge >= 0.3 is 0 Å². The third kappa shape index (κ3) is 1.63. The molecular weight excluding hydrogens is 188 g/mol. The van der Waals surface area contributed by atoms with E-state index in [0.717, 1.165) is 32.0 Å². The molecule has 0 aromatic heterocycles. The average molecular weight is 210 g/mol. The van der Waals surface area contributed by atoms with Crippen molar-refractivity contribution in [2.45, 2.75) is 52.1 Å². The molecule has 0 aromatic rings. The van der Waals surface area contributed by atoms with E-state index < -0.39 is 0 Å². The summed E-state index contributed by atoms with van der Waals surface area (Å²) in [5, 5.41) is 10.0. The minimum atomic E-state index is -0.118. The number of fused-ring (bicyclic) bond motifs is 1. The Balaban J connectivity index is 2.20. The molecular formula is C13H22O2. The second-order valence-electron chi connectivity index (χ2n) is 5.75. The molecule has 1 N–H and O–H groups in total. The molecule has 0 heterocycles. The fourth-order valence-corrected chi connectivity index (χ4v) is 4.15. The minimum absolute atomic E-state index is 0.118. The summed E-state index contributed by atoms with van der Waals surface area (Å²) in [5.41, 5.74) is 0.220. The lowest BCUT2D eigenvalue weighted by atomic mass is 9.62. The molecule has 0 radical (unpaired) electrons. The van der Waals surface area contributed by atoms with Gasteiger partial charge in [0, 0.05) is 5.92 Å². The Morgan fingerprint density at radius 2 is 2.13 bits per heavy atom.